The number of nitrogens with one attached hydrogen (secondary N) is 1. The van der Waals surface area contributed by atoms with Gasteiger partial charge >= 0.3 is 11.9 Å². The van der Waals surface area contributed by atoms with Crippen LogP contribution in [-0.4, -0.2) is 57.9 Å². The van der Waals surface area contributed by atoms with E-state index in [1.54, 1.807) is 6.07 Å². The van der Waals surface area contributed by atoms with Gasteiger partial charge in [0.2, 0.25) is 15.9 Å². The van der Waals surface area contributed by atoms with Gasteiger partial charge in [0.15, 0.2) is 0 Å². The lowest BCUT2D eigenvalue weighted by Gasteiger charge is -2.30. The molecule has 0 atom stereocenters. The van der Waals surface area contributed by atoms with Crippen molar-refractivity contribution < 1.29 is 32.3 Å². The number of hydrogen-bond donors (Lipinski definition) is 1. The number of aryl methyl sites for hydroxylation is 1. The van der Waals surface area contributed by atoms with E-state index in [9.17, 15) is 22.8 Å². The standard InChI is InChI=1S/C24H28N2O7S/c1-16-6-4-5-7-19(16)15-34(30,31)26-12-10-17(11-13-26)22(27)25-21-14-18(23(28)32-2)8-9-20(21)24(29)33-3/h4-9,14,17H,10-13,15H2,1-3H3,(H,25,27). The van der Waals surface area contributed by atoms with Crippen molar-refractivity contribution in [2.75, 3.05) is 32.6 Å². The Morgan fingerprint density at radius 1 is 1.00 bits per heavy atom. The molecule has 1 aliphatic heterocycles. The van der Waals surface area contributed by atoms with Gasteiger partial charge in [-0.2, -0.15) is 0 Å². The smallest absolute Gasteiger partial charge is 0.339 e. The molecule has 1 saturated heterocycles. The van der Waals surface area contributed by atoms with Gasteiger partial charge in [0.25, 0.3) is 0 Å². The monoisotopic (exact) mass is 488 g/mol. The molecule has 0 unspecified atom stereocenters. The summed E-state index contributed by atoms with van der Waals surface area (Å²) in [6.07, 6.45) is 0.673. The average Bonchev–Trinajstić information content (AvgIpc) is 2.84. The van der Waals surface area contributed by atoms with Crippen LogP contribution in [0.5, 0.6) is 0 Å². The molecular weight excluding hydrogens is 460 g/mol. The number of carbonyl (C=O) groups excluding carboxylic acids is 3. The predicted octanol–water partition coefficient (Wildman–Crippen LogP) is 2.75. The summed E-state index contributed by atoms with van der Waals surface area (Å²) in [5, 5.41) is 2.70. The summed E-state index contributed by atoms with van der Waals surface area (Å²) in [6.45, 7) is 2.32. The Kier molecular flexibility index (Phi) is 8.06. The lowest BCUT2D eigenvalue weighted by atomic mass is 9.97. The van der Waals surface area contributed by atoms with Crippen molar-refractivity contribution in [1.29, 1.82) is 0 Å². The highest BCUT2D eigenvalue weighted by Gasteiger charge is 2.32. The number of piperidine rings is 1. The number of methoxy groups -OCH3 is 2. The predicted molar refractivity (Wildman–Crippen MR) is 126 cm³/mol. The van der Waals surface area contributed by atoms with E-state index in [1.807, 2.05) is 25.1 Å². The second-order valence-corrected chi connectivity index (χ2v) is 10.1. The molecule has 2 aromatic carbocycles. The van der Waals surface area contributed by atoms with Crippen molar-refractivity contribution in [3.8, 4) is 0 Å². The summed E-state index contributed by atoms with van der Waals surface area (Å²) in [5.41, 5.74) is 2.07. The Morgan fingerprint density at radius 3 is 2.26 bits per heavy atom. The zero-order chi connectivity index (χ0) is 24.9. The highest BCUT2D eigenvalue weighted by molar-refractivity contribution is 7.88. The molecule has 1 fully saturated rings. The molecule has 1 N–H and O–H groups in total. The normalized spacial score (nSPS) is 14.9. The summed E-state index contributed by atoms with van der Waals surface area (Å²) in [5.74, 6) is -2.16. The van der Waals surface area contributed by atoms with Crippen LogP contribution < -0.4 is 5.32 Å². The Balaban J connectivity index is 1.68. The maximum atomic E-state index is 12.9. The van der Waals surface area contributed by atoms with E-state index >= 15 is 0 Å². The highest BCUT2D eigenvalue weighted by Crippen LogP contribution is 2.26. The second-order valence-electron chi connectivity index (χ2n) is 8.09. The van der Waals surface area contributed by atoms with Crippen molar-refractivity contribution in [2.45, 2.75) is 25.5 Å². The van der Waals surface area contributed by atoms with Crippen molar-refractivity contribution in [3.63, 3.8) is 0 Å². The average molecular weight is 489 g/mol. The molecule has 1 heterocycles. The fourth-order valence-electron chi connectivity index (χ4n) is 3.87. The van der Waals surface area contributed by atoms with Gasteiger partial charge in [0, 0.05) is 19.0 Å². The molecule has 2 aromatic rings. The molecule has 182 valence electrons. The first kappa shape index (κ1) is 25.4. The molecule has 0 saturated carbocycles. The minimum atomic E-state index is -3.52. The van der Waals surface area contributed by atoms with Crippen LogP contribution in [0, 0.1) is 12.8 Å². The van der Waals surface area contributed by atoms with Gasteiger partial charge in [0.05, 0.1) is 36.8 Å². The number of carbonyl (C=O) groups is 3. The molecule has 9 nitrogen and oxygen atoms in total. The van der Waals surface area contributed by atoms with Gasteiger partial charge in [-0.25, -0.2) is 22.3 Å². The van der Waals surface area contributed by atoms with Crippen LogP contribution >= 0.6 is 0 Å². The Bertz CT molecular complexity index is 1190. The van der Waals surface area contributed by atoms with Crippen molar-refractivity contribution in [2.24, 2.45) is 5.92 Å². The topological polar surface area (TPSA) is 119 Å². The number of esters is 2. The Morgan fingerprint density at radius 2 is 1.65 bits per heavy atom. The molecule has 3 rings (SSSR count). The number of nitrogens with zero attached hydrogens (tertiary/aromatic N) is 1. The number of hydrogen-bond acceptors (Lipinski definition) is 7. The molecular formula is C24H28N2O7S. The molecule has 0 bridgehead atoms. The van der Waals surface area contributed by atoms with Gasteiger partial charge < -0.3 is 14.8 Å². The van der Waals surface area contributed by atoms with Crippen LogP contribution in [0.2, 0.25) is 0 Å². The lowest BCUT2D eigenvalue weighted by molar-refractivity contribution is -0.120. The number of rotatable bonds is 7. The molecule has 0 spiro atoms. The van der Waals surface area contributed by atoms with Crippen LogP contribution in [0.3, 0.4) is 0 Å². The third kappa shape index (κ3) is 5.81. The summed E-state index contributed by atoms with van der Waals surface area (Å²) in [6, 6.07) is 11.5. The first-order valence-electron chi connectivity index (χ1n) is 10.8. The van der Waals surface area contributed by atoms with Gasteiger partial charge in [-0.3, -0.25) is 4.79 Å². The molecule has 0 radical (unpaired) electrons. The summed E-state index contributed by atoms with van der Waals surface area (Å²) >= 11 is 0. The second kappa shape index (κ2) is 10.8. The zero-order valence-corrected chi connectivity index (χ0v) is 20.2. The number of amides is 1. The van der Waals surface area contributed by atoms with Crippen molar-refractivity contribution in [1.82, 2.24) is 4.31 Å². The van der Waals surface area contributed by atoms with Gasteiger partial charge in [-0.1, -0.05) is 24.3 Å². The van der Waals surface area contributed by atoms with Crippen LogP contribution in [-0.2, 0) is 30.0 Å². The van der Waals surface area contributed by atoms with E-state index in [4.69, 9.17) is 9.47 Å². The fourth-order valence-corrected chi connectivity index (χ4v) is 5.54. The quantitative estimate of drug-likeness (QED) is 0.595. The number of ether oxygens (including phenoxy) is 2. The lowest BCUT2D eigenvalue weighted by Crippen LogP contribution is -2.42. The van der Waals surface area contributed by atoms with Crippen LogP contribution in [0.25, 0.3) is 0 Å². The van der Waals surface area contributed by atoms with E-state index in [2.05, 4.69) is 5.32 Å². The van der Waals surface area contributed by atoms with E-state index in [1.165, 1.54) is 36.7 Å². The number of benzene rings is 2. The molecule has 34 heavy (non-hydrogen) atoms. The van der Waals surface area contributed by atoms with Crippen molar-refractivity contribution >= 4 is 33.6 Å². The maximum absolute atomic E-state index is 12.9. The summed E-state index contributed by atoms with van der Waals surface area (Å²) < 4.78 is 36.7. The molecule has 0 aromatic heterocycles. The first-order chi connectivity index (χ1) is 16.2. The van der Waals surface area contributed by atoms with E-state index in [0.29, 0.717) is 12.8 Å². The number of anilines is 1. The number of sulfonamides is 1. The molecule has 10 heteroatoms. The largest absolute Gasteiger partial charge is 0.465 e. The summed E-state index contributed by atoms with van der Waals surface area (Å²) in [4.78, 5) is 36.9. The van der Waals surface area contributed by atoms with Gasteiger partial charge in [0.1, 0.15) is 0 Å². The van der Waals surface area contributed by atoms with E-state index in [0.717, 1.165) is 11.1 Å². The SMILES string of the molecule is COC(=O)c1ccc(C(=O)OC)c(NC(=O)C2CCN(S(=O)(=O)Cc3ccccc3C)CC2)c1. The van der Waals surface area contributed by atoms with Crippen LogP contribution in [0.4, 0.5) is 5.69 Å². The van der Waals surface area contributed by atoms with Crippen molar-refractivity contribution in [3.05, 3.63) is 64.7 Å². The van der Waals surface area contributed by atoms with Crippen LogP contribution in [0.1, 0.15) is 44.7 Å². The molecule has 0 aliphatic carbocycles. The summed E-state index contributed by atoms with van der Waals surface area (Å²) in [7, 11) is -1.07. The van der Waals surface area contributed by atoms with Gasteiger partial charge in [-0.05, 0) is 49.1 Å². The molecule has 1 aliphatic rings. The Hall–Kier alpha value is -3.24. The minimum absolute atomic E-state index is 0.0840. The third-order valence-corrected chi connectivity index (χ3v) is 7.75. The zero-order valence-electron chi connectivity index (χ0n) is 19.4. The third-order valence-electron chi connectivity index (χ3n) is 5.92. The van der Waals surface area contributed by atoms with Crippen LogP contribution in [0.15, 0.2) is 42.5 Å². The van der Waals surface area contributed by atoms with Gasteiger partial charge in [-0.15, -0.1) is 0 Å². The first-order valence-corrected chi connectivity index (χ1v) is 12.4. The highest BCUT2D eigenvalue weighted by atomic mass is 32.2. The Labute approximate surface area is 199 Å². The van der Waals surface area contributed by atoms with E-state index < -0.39 is 27.9 Å². The minimum Gasteiger partial charge on any atom is -0.465 e. The fraction of sp³-hybridized carbons (Fsp3) is 0.375. The maximum Gasteiger partial charge on any atom is 0.339 e. The molecule has 1 amide bonds. The van der Waals surface area contributed by atoms with E-state index in [-0.39, 0.29) is 41.6 Å².